The minimum Gasteiger partial charge on any atom is -0.462 e. The van der Waals surface area contributed by atoms with Crippen LogP contribution in [0.25, 0.3) is 0 Å². The van der Waals surface area contributed by atoms with E-state index < -0.39 is 54.9 Å². The molecule has 2 N–H and O–H groups in total. The van der Waals surface area contributed by atoms with E-state index in [1.807, 2.05) is 20.8 Å². The Labute approximate surface area is 378 Å². The molecule has 3 unspecified atom stereocenters. The molecule has 6 aliphatic rings. The molecule has 2 saturated carbocycles. The van der Waals surface area contributed by atoms with Gasteiger partial charge in [0, 0.05) is 54.9 Å². The van der Waals surface area contributed by atoms with Crippen LogP contribution in [0.2, 0.25) is 10.0 Å². The first kappa shape index (κ1) is 48.1. The maximum Gasteiger partial charge on any atom is 0.306 e. The summed E-state index contributed by atoms with van der Waals surface area (Å²) < 4.78 is 50.1. The molecule has 19 atom stereocenters. The lowest BCUT2D eigenvalue weighted by Crippen LogP contribution is -2.59. The molecule has 348 valence electrons. The lowest BCUT2D eigenvalue weighted by molar-refractivity contribution is -0.314. The van der Waals surface area contributed by atoms with Gasteiger partial charge in [0.1, 0.15) is 24.4 Å². The molecule has 62 heavy (non-hydrogen) atoms. The van der Waals surface area contributed by atoms with E-state index in [0.29, 0.717) is 53.4 Å². The average Bonchev–Trinajstić information content (AvgIpc) is 3.81. The number of allylic oxidation sites excluding steroid dienone is 2. The average molecular weight is 910 g/mol. The maximum absolute atomic E-state index is 15.2. The third-order valence-corrected chi connectivity index (χ3v) is 15.5. The van der Waals surface area contributed by atoms with Gasteiger partial charge in [0.05, 0.1) is 43.0 Å². The van der Waals surface area contributed by atoms with Crippen molar-refractivity contribution in [2.75, 3.05) is 40.7 Å². The van der Waals surface area contributed by atoms with Crippen molar-refractivity contribution >= 4 is 40.6 Å². The number of nitrogens with one attached hydrogen (secondary N) is 1. The summed E-state index contributed by atoms with van der Waals surface area (Å²) in [7, 11) is 9.00. The Balaban J connectivity index is 1.22. The molecule has 3 heterocycles. The highest BCUT2D eigenvalue weighted by atomic mass is 35.5. The topological polar surface area (TPSA) is 143 Å². The van der Waals surface area contributed by atoms with Crippen LogP contribution < -0.4 is 5.32 Å². The highest BCUT2D eigenvalue weighted by Crippen LogP contribution is 2.57. The SMILES string of the molecule is CC[C@H]1CCC[C@H](O[C@H]2CC[C@H](N(C)C)C(C)O2)[C@@H](C)C(=O)C2=C[C@H]3[C@@H]4C[C@H](O[C@@H]5OC(C)[C@H](OC)C(OC)[C@@H]5OC)C[C@H]4[C@@H](O)[C@H](Nc4cc(Cl)cc(Cl)c4)[C@H]3[C@@H]2CC(=O)O1. The molecule has 1 aromatic rings. The Morgan fingerprint density at radius 2 is 1.55 bits per heavy atom. The molecule has 0 amide bonds. The van der Waals surface area contributed by atoms with Gasteiger partial charge in [-0.25, -0.2) is 0 Å². The molecule has 3 saturated heterocycles. The number of ether oxygens (including phenoxy) is 8. The van der Waals surface area contributed by atoms with Gasteiger partial charge in [-0.05, 0) is 127 Å². The predicted octanol–water partition coefficient (Wildman–Crippen LogP) is 7.08. The summed E-state index contributed by atoms with van der Waals surface area (Å²) in [5.41, 5.74) is 1.24. The molecule has 1 aromatic carbocycles. The number of nitrogens with zero attached hydrogens (tertiary/aromatic N) is 1. The molecule has 5 fully saturated rings. The van der Waals surface area contributed by atoms with Crippen LogP contribution in [0.3, 0.4) is 0 Å². The molecule has 7 rings (SSSR count). The molecule has 3 aliphatic heterocycles. The number of rotatable bonds is 11. The van der Waals surface area contributed by atoms with E-state index in [0.717, 1.165) is 19.3 Å². The van der Waals surface area contributed by atoms with Gasteiger partial charge in [-0.2, -0.15) is 0 Å². The summed E-state index contributed by atoms with van der Waals surface area (Å²) in [5, 5.41) is 17.1. The Morgan fingerprint density at radius 1 is 0.855 bits per heavy atom. The highest BCUT2D eigenvalue weighted by Gasteiger charge is 2.60. The number of carbonyl (C=O) groups is 2. The van der Waals surface area contributed by atoms with E-state index in [9.17, 15) is 9.90 Å². The van der Waals surface area contributed by atoms with Crippen LogP contribution >= 0.6 is 23.2 Å². The van der Waals surface area contributed by atoms with E-state index in [1.165, 1.54) is 0 Å². The number of hydrogen-bond acceptors (Lipinski definition) is 13. The monoisotopic (exact) mass is 908 g/mol. The normalized spacial score (nSPS) is 42.9. The summed E-state index contributed by atoms with van der Waals surface area (Å²) in [6, 6.07) is 4.93. The lowest BCUT2D eigenvalue weighted by Gasteiger charge is -2.47. The number of Topliss-reactive ketones (excluding diaryl/α,β-unsaturated/α-hetero) is 1. The number of likely N-dealkylation sites (N-methyl/N-ethyl adjacent to an activating group) is 1. The first-order valence-corrected chi connectivity index (χ1v) is 23.6. The zero-order valence-electron chi connectivity index (χ0n) is 37.9. The Bertz CT molecular complexity index is 1720. The number of ketones is 1. The standard InChI is InChI=1S/C47H70Cl2N2O11/c1-10-29-12-11-13-37(62-39-15-14-36(51(5)6)24(3)58-39)23(2)42(53)35-21-32-31-19-30(61-47-46(57-9)45(56-8)44(55-7)25(4)59-47)20-34(31)43(54)41(40(32)33(35)22-38(52)60-29)50-28-17-26(48)16-27(49)18-28/h16-18,21,23-25,29-34,36-37,39-41,43-47,50,54H,10-15,19-20,22H2,1-9H3/t23-,24?,25?,29+,30+,31+,32+,33-,34-,36+,37+,39+,40-,41-,43-,44+,45?,46+,47+/m1/s1. The van der Waals surface area contributed by atoms with Gasteiger partial charge < -0.3 is 53.2 Å². The molecule has 0 spiro atoms. The smallest absolute Gasteiger partial charge is 0.306 e. The fourth-order valence-corrected chi connectivity index (χ4v) is 12.6. The molecule has 15 heteroatoms. The second-order valence-corrected chi connectivity index (χ2v) is 19.8. The van der Waals surface area contributed by atoms with Gasteiger partial charge in [-0.15, -0.1) is 0 Å². The van der Waals surface area contributed by atoms with Gasteiger partial charge in [0.2, 0.25) is 0 Å². The highest BCUT2D eigenvalue weighted by molar-refractivity contribution is 6.35. The van der Waals surface area contributed by atoms with E-state index in [4.69, 9.17) is 61.1 Å². The van der Waals surface area contributed by atoms with Crippen molar-refractivity contribution in [3.8, 4) is 0 Å². The summed E-state index contributed by atoms with van der Waals surface area (Å²) in [5.74, 6) is -2.25. The second-order valence-electron chi connectivity index (χ2n) is 18.9. The van der Waals surface area contributed by atoms with Gasteiger partial charge in [0.15, 0.2) is 18.4 Å². The summed E-state index contributed by atoms with van der Waals surface area (Å²) in [4.78, 5) is 31.4. The van der Waals surface area contributed by atoms with E-state index in [2.05, 4.69) is 37.3 Å². The molecular formula is C47H70Cl2N2O11. The molecule has 3 aliphatic carbocycles. The number of anilines is 1. The predicted molar refractivity (Wildman–Crippen MR) is 235 cm³/mol. The van der Waals surface area contributed by atoms with E-state index in [1.54, 1.807) is 39.5 Å². The molecule has 13 nitrogen and oxygen atoms in total. The van der Waals surface area contributed by atoms with Crippen LogP contribution in [0.5, 0.6) is 0 Å². The van der Waals surface area contributed by atoms with Crippen LogP contribution in [0.15, 0.2) is 29.8 Å². The number of benzene rings is 1. The van der Waals surface area contributed by atoms with Crippen molar-refractivity contribution in [3.63, 3.8) is 0 Å². The number of fused-ring (bicyclic) bond motifs is 5. The summed E-state index contributed by atoms with van der Waals surface area (Å²) in [6.45, 7) is 8.01. The number of halogens is 2. The number of esters is 1. The van der Waals surface area contributed by atoms with Gasteiger partial charge in [0.25, 0.3) is 0 Å². The van der Waals surface area contributed by atoms with Crippen molar-refractivity contribution in [1.29, 1.82) is 0 Å². The zero-order valence-corrected chi connectivity index (χ0v) is 39.4. The van der Waals surface area contributed by atoms with Crippen LogP contribution in [0.4, 0.5) is 5.69 Å². The third-order valence-electron chi connectivity index (χ3n) is 15.1. The van der Waals surface area contributed by atoms with Gasteiger partial charge >= 0.3 is 5.97 Å². The van der Waals surface area contributed by atoms with Crippen molar-refractivity contribution in [1.82, 2.24) is 4.90 Å². The zero-order chi connectivity index (χ0) is 44.6. The number of aliphatic hydroxyl groups is 1. The lowest BCUT2D eigenvalue weighted by atomic mass is 9.62. The van der Waals surface area contributed by atoms with Crippen molar-refractivity contribution in [2.45, 2.75) is 165 Å². The van der Waals surface area contributed by atoms with Crippen LogP contribution in [-0.2, 0) is 47.5 Å². The Morgan fingerprint density at radius 3 is 2.19 bits per heavy atom. The largest absolute Gasteiger partial charge is 0.462 e. The number of methoxy groups -OCH3 is 3. The molecule has 0 bridgehead atoms. The second kappa shape index (κ2) is 20.7. The van der Waals surface area contributed by atoms with E-state index >= 15 is 4.79 Å². The van der Waals surface area contributed by atoms with Crippen molar-refractivity contribution in [3.05, 3.63) is 39.9 Å². The minimum atomic E-state index is -0.879. The number of aliphatic hydroxyl groups excluding tert-OH is 1. The number of carbonyl (C=O) groups excluding carboxylic acids is 2. The maximum atomic E-state index is 15.2. The van der Waals surface area contributed by atoms with Gasteiger partial charge in [-0.3, -0.25) is 9.59 Å². The molecular weight excluding hydrogens is 839 g/mol. The van der Waals surface area contributed by atoms with E-state index in [-0.39, 0.29) is 78.4 Å². The first-order valence-electron chi connectivity index (χ1n) is 22.9. The first-order chi connectivity index (χ1) is 29.6. The summed E-state index contributed by atoms with van der Waals surface area (Å²) >= 11 is 13.0. The quantitative estimate of drug-likeness (QED) is 0.219. The summed E-state index contributed by atoms with van der Waals surface area (Å²) in [6.07, 6.45) is 2.93. The number of hydrogen-bond donors (Lipinski definition) is 2. The van der Waals surface area contributed by atoms with Crippen LogP contribution in [-0.4, -0.2) is 137 Å². The molecule has 0 radical (unpaired) electrons. The number of cyclic esters (lactones) is 1. The minimum absolute atomic E-state index is 0.00354. The van der Waals surface area contributed by atoms with Crippen LogP contribution in [0, 0.1) is 35.5 Å². The Hall–Kier alpha value is -1.88. The fraction of sp³-hybridized carbons (Fsp3) is 0.787. The van der Waals surface area contributed by atoms with Crippen LogP contribution in [0.1, 0.15) is 85.5 Å². The van der Waals surface area contributed by atoms with Crippen molar-refractivity contribution in [2.24, 2.45) is 35.5 Å². The molecule has 0 aromatic heterocycles. The third kappa shape index (κ3) is 10.1. The Kier molecular flexibility index (Phi) is 16.1. The fourth-order valence-electron chi connectivity index (χ4n) is 12.0. The van der Waals surface area contributed by atoms with Gasteiger partial charge in [-0.1, -0.05) is 43.1 Å². The van der Waals surface area contributed by atoms with Crippen molar-refractivity contribution < 1.29 is 52.6 Å².